The lowest BCUT2D eigenvalue weighted by Crippen LogP contribution is -1.76. The van der Waals surface area contributed by atoms with Gasteiger partial charge in [-0.05, 0) is 33.2 Å². The van der Waals surface area contributed by atoms with Crippen LogP contribution in [0.25, 0.3) is 32.7 Å². The van der Waals surface area contributed by atoms with Crippen molar-refractivity contribution in [3.63, 3.8) is 0 Å². The van der Waals surface area contributed by atoms with Gasteiger partial charge in [-0.3, -0.25) is 0 Å². The lowest BCUT2D eigenvalue weighted by molar-refractivity contribution is 0.477. The molecule has 0 aromatic heterocycles. The quantitative estimate of drug-likeness (QED) is 0.322. The molecule has 1 N–H and O–H groups in total. The first-order valence-electron chi connectivity index (χ1n) is 9.03. The van der Waals surface area contributed by atoms with Crippen molar-refractivity contribution in [3.05, 3.63) is 115 Å². The molecule has 0 amide bonds. The molecule has 0 fully saturated rings. The van der Waals surface area contributed by atoms with E-state index < -0.39 is 0 Å². The minimum absolute atomic E-state index is 0.328. The van der Waals surface area contributed by atoms with Crippen molar-refractivity contribution >= 4 is 21.5 Å². The van der Waals surface area contributed by atoms with Gasteiger partial charge in [-0.15, -0.1) is 0 Å². The van der Waals surface area contributed by atoms with Gasteiger partial charge in [0.25, 0.3) is 0 Å². The fourth-order valence-electron chi connectivity index (χ4n) is 3.29. The van der Waals surface area contributed by atoms with E-state index in [-0.39, 0.29) is 0 Å². The molecule has 0 aliphatic rings. The Morgan fingerprint density at radius 3 is 1.48 bits per heavy atom. The van der Waals surface area contributed by atoms with E-state index >= 15 is 0 Å². The second kappa shape index (κ2) is 7.76. The lowest BCUT2D eigenvalue weighted by Gasteiger charge is -2.02. The van der Waals surface area contributed by atoms with Gasteiger partial charge in [-0.1, -0.05) is 109 Å². The molecular weight excluding hydrogens is 328 g/mol. The van der Waals surface area contributed by atoms with Crippen LogP contribution >= 0.6 is 0 Å². The number of phenolic OH excluding ortho intramolecular Hbond substituents is 1. The van der Waals surface area contributed by atoms with Gasteiger partial charge < -0.3 is 5.11 Å². The molecule has 1 nitrogen and oxygen atoms in total. The molecule has 0 unspecified atom stereocenters. The van der Waals surface area contributed by atoms with Gasteiger partial charge >= 0.3 is 0 Å². The summed E-state index contributed by atoms with van der Waals surface area (Å²) >= 11 is 0. The Kier molecular flexibility index (Phi) is 4.84. The summed E-state index contributed by atoms with van der Waals surface area (Å²) in [4.78, 5) is 0. The monoisotopic (exact) mass is 348 g/mol. The van der Waals surface area contributed by atoms with Crippen molar-refractivity contribution in [2.45, 2.75) is 0 Å². The van der Waals surface area contributed by atoms with E-state index in [0.29, 0.717) is 5.75 Å². The minimum atomic E-state index is 0.328. The maximum absolute atomic E-state index is 9.56. The summed E-state index contributed by atoms with van der Waals surface area (Å²) in [5.74, 6) is 0.328. The number of fused-ring (bicyclic) bond motifs is 3. The van der Waals surface area contributed by atoms with Gasteiger partial charge in [0.05, 0.1) is 0 Å². The first-order valence-corrected chi connectivity index (χ1v) is 9.03. The number of hydrogen-bond acceptors (Lipinski definition) is 1. The van der Waals surface area contributed by atoms with E-state index in [1.165, 1.54) is 21.5 Å². The van der Waals surface area contributed by atoms with Crippen LogP contribution in [-0.2, 0) is 0 Å². The molecule has 0 saturated carbocycles. The zero-order valence-electron chi connectivity index (χ0n) is 14.9. The third-order valence-corrected chi connectivity index (χ3v) is 4.64. The number of phenols is 1. The molecular formula is C26H20O. The Hall–Kier alpha value is -3.58. The van der Waals surface area contributed by atoms with Crippen molar-refractivity contribution in [3.8, 4) is 16.9 Å². The van der Waals surface area contributed by atoms with Gasteiger partial charge in [0.15, 0.2) is 0 Å². The third kappa shape index (κ3) is 3.68. The van der Waals surface area contributed by atoms with Gasteiger partial charge in [-0.2, -0.15) is 0 Å². The zero-order chi connectivity index (χ0) is 18.5. The van der Waals surface area contributed by atoms with Crippen LogP contribution in [0.4, 0.5) is 0 Å². The molecule has 0 aliphatic heterocycles. The van der Waals surface area contributed by atoms with Crippen LogP contribution in [0.1, 0.15) is 0 Å². The SMILES string of the molecule is Oc1ccccc1-c1ccccc1.c1ccc2c(c1)ccc1ccccc12. The van der Waals surface area contributed by atoms with Crippen molar-refractivity contribution < 1.29 is 5.11 Å². The van der Waals surface area contributed by atoms with E-state index in [0.717, 1.165) is 11.1 Å². The van der Waals surface area contributed by atoms with Crippen LogP contribution in [0.5, 0.6) is 5.75 Å². The normalized spacial score (nSPS) is 10.4. The molecule has 1 heteroatoms. The van der Waals surface area contributed by atoms with Crippen LogP contribution in [0.2, 0.25) is 0 Å². The Morgan fingerprint density at radius 1 is 0.407 bits per heavy atom. The fraction of sp³-hybridized carbons (Fsp3) is 0. The smallest absolute Gasteiger partial charge is 0.123 e. The number of aromatic hydroxyl groups is 1. The number of benzene rings is 5. The highest BCUT2D eigenvalue weighted by molar-refractivity contribution is 6.07. The predicted octanol–water partition coefficient (Wildman–Crippen LogP) is 7.05. The van der Waals surface area contributed by atoms with Gasteiger partial charge in [-0.25, -0.2) is 0 Å². The second-order valence-electron chi connectivity index (χ2n) is 6.39. The molecule has 130 valence electrons. The average Bonchev–Trinajstić information content (AvgIpc) is 2.75. The first kappa shape index (κ1) is 16.9. The average molecular weight is 348 g/mol. The van der Waals surface area contributed by atoms with Crippen molar-refractivity contribution in [1.29, 1.82) is 0 Å². The topological polar surface area (TPSA) is 20.2 Å². The van der Waals surface area contributed by atoms with Crippen molar-refractivity contribution in [1.82, 2.24) is 0 Å². The summed E-state index contributed by atoms with van der Waals surface area (Å²) < 4.78 is 0. The zero-order valence-corrected chi connectivity index (χ0v) is 14.9. The van der Waals surface area contributed by atoms with Crippen LogP contribution in [0.3, 0.4) is 0 Å². The van der Waals surface area contributed by atoms with Crippen LogP contribution in [-0.4, -0.2) is 5.11 Å². The highest BCUT2D eigenvalue weighted by Crippen LogP contribution is 2.27. The molecule has 0 saturated heterocycles. The first-order chi connectivity index (χ1) is 13.3. The number of hydrogen-bond donors (Lipinski definition) is 1. The molecule has 0 atom stereocenters. The van der Waals surface area contributed by atoms with Crippen LogP contribution < -0.4 is 0 Å². The molecule has 0 bridgehead atoms. The molecule has 5 rings (SSSR count). The molecule has 0 spiro atoms. The van der Waals surface area contributed by atoms with Gasteiger partial charge in [0, 0.05) is 5.56 Å². The molecule has 0 aliphatic carbocycles. The molecule has 5 aromatic rings. The standard InChI is InChI=1S/C14H10.C12H10O/c1-3-7-13-11(5-1)9-10-12-6-2-4-8-14(12)13;13-12-9-5-4-8-11(12)10-6-2-1-3-7-10/h1-10H;1-9,13H. The lowest BCUT2D eigenvalue weighted by atomic mass is 10.0. The van der Waals surface area contributed by atoms with E-state index in [1.54, 1.807) is 6.07 Å². The third-order valence-electron chi connectivity index (χ3n) is 4.64. The van der Waals surface area contributed by atoms with Crippen LogP contribution in [0.15, 0.2) is 115 Å². The van der Waals surface area contributed by atoms with Crippen molar-refractivity contribution in [2.24, 2.45) is 0 Å². The second-order valence-corrected chi connectivity index (χ2v) is 6.39. The minimum Gasteiger partial charge on any atom is -0.507 e. The summed E-state index contributed by atoms with van der Waals surface area (Å²) in [6.45, 7) is 0. The Morgan fingerprint density at radius 2 is 0.889 bits per heavy atom. The summed E-state index contributed by atoms with van der Waals surface area (Å²) in [5, 5.41) is 14.9. The molecule has 0 heterocycles. The predicted molar refractivity (Wildman–Crippen MR) is 115 cm³/mol. The number of para-hydroxylation sites is 1. The van der Waals surface area contributed by atoms with E-state index in [2.05, 4.69) is 60.7 Å². The Labute approximate surface area is 159 Å². The highest BCUT2D eigenvalue weighted by Gasteiger charge is 2.00. The van der Waals surface area contributed by atoms with E-state index in [1.807, 2.05) is 48.5 Å². The largest absolute Gasteiger partial charge is 0.507 e. The summed E-state index contributed by atoms with van der Waals surface area (Å²) in [6, 6.07) is 38.6. The molecule has 0 radical (unpaired) electrons. The summed E-state index contributed by atoms with van der Waals surface area (Å²) in [6.07, 6.45) is 0. The van der Waals surface area contributed by atoms with E-state index in [4.69, 9.17) is 0 Å². The van der Waals surface area contributed by atoms with E-state index in [9.17, 15) is 5.11 Å². The van der Waals surface area contributed by atoms with Gasteiger partial charge in [0.2, 0.25) is 0 Å². The van der Waals surface area contributed by atoms with Crippen molar-refractivity contribution in [2.75, 3.05) is 0 Å². The maximum Gasteiger partial charge on any atom is 0.123 e. The van der Waals surface area contributed by atoms with Gasteiger partial charge in [0.1, 0.15) is 5.75 Å². The fourth-order valence-corrected chi connectivity index (χ4v) is 3.29. The number of rotatable bonds is 1. The Balaban J connectivity index is 0.000000134. The van der Waals surface area contributed by atoms with Crippen LogP contribution in [0, 0.1) is 0 Å². The maximum atomic E-state index is 9.56. The summed E-state index contributed by atoms with van der Waals surface area (Å²) in [5.41, 5.74) is 1.92. The highest BCUT2D eigenvalue weighted by atomic mass is 16.3. The molecule has 27 heavy (non-hydrogen) atoms. The summed E-state index contributed by atoms with van der Waals surface area (Å²) in [7, 11) is 0. The molecule has 5 aromatic carbocycles. The Bertz CT molecular complexity index is 1120.